The quantitative estimate of drug-likeness (QED) is 0.320. The highest BCUT2D eigenvalue weighted by atomic mass is 16.1. The van der Waals surface area contributed by atoms with Gasteiger partial charge in [0.05, 0.1) is 28.7 Å². The molecule has 2 aromatic heterocycles. The minimum Gasteiger partial charge on any atom is -0.362 e. The molecule has 0 spiro atoms. The Morgan fingerprint density at radius 3 is 2.47 bits per heavy atom. The molecule has 1 amide bonds. The maximum Gasteiger partial charge on any atom is 0.254 e. The molecule has 1 aliphatic rings. The van der Waals surface area contributed by atoms with Crippen LogP contribution in [0.25, 0.3) is 16.6 Å². The summed E-state index contributed by atoms with van der Waals surface area (Å²) in [7, 11) is 4.02. The molecule has 1 aliphatic carbocycles. The standard InChI is InChI=1S/C30H37N7O/c1-4-10-27-25(20-32-37(27)23-11-6-5-7-12-23)29(38)31-19-21-15-17-22(18-16-21)33-30-34-26-14-9-8-13-24(26)28(35-30)36(2)3/h5-9,11-14,20-22H,4,10,15-19H2,1-3H3,(H,31,38)(H,33,34,35). The summed E-state index contributed by atoms with van der Waals surface area (Å²) >= 11 is 0. The highest BCUT2D eigenvalue weighted by Gasteiger charge is 2.24. The molecule has 0 atom stereocenters. The molecule has 2 heterocycles. The zero-order valence-corrected chi connectivity index (χ0v) is 22.5. The average Bonchev–Trinajstić information content (AvgIpc) is 3.36. The van der Waals surface area contributed by atoms with Crippen molar-refractivity contribution in [2.45, 2.75) is 51.5 Å². The van der Waals surface area contributed by atoms with Crippen LogP contribution in [-0.4, -0.2) is 52.3 Å². The van der Waals surface area contributed by atoms with Crippen molar-refractivity contribution in [3.8, 4) is 5.69 Å². The molecule has 38 heavy (non-hydrogen) atoms. The second-order valence-corrected chi connectivity index (χ2v) is 10.4. The van der Waals surface area contributed by atoms with Crippen molar-refractivity contribution in [1.82, 2.24) is 25.1 Å². The highest BCUT2D eigenvalue weighted by molar-refractivity contribution is 5.95. The van der Waals surface area contributed by atoms with Gasteiger partial charge >= 0.3 is 0 Å². The molecule has 1 fully saturated rings. The summed E-state index contributed by atoms with van der Waals surface area (Å²) in [6, 6.07) is 18.5. The topological polar surface area (TPSA) is 88.0 Å². The molecule has 2 aromatic carbocycles. The second-order valence-electron chi connectivity index (χ2n) is 10.4. The fourth-order valence-electron chi connectivity index (χ4n) is 5.32. The lowest BCUT2D eigenvalue weighted by Gasteiger charge is -2.29. The number of carbonyl (C=O) groups excluding carboxylic acids is 1. The first kappa shape index (κ1) is 25.7. The molecule has 0 unspecified atom stereocenters. The Labute approximate surface area is 224 Å². The average molecular weight is 512 g/mol. The van der Waals surface area contributed by atoms with Crippen molar-refractivity contribution in [3.05, 3.63) is 72.1 Å². The second kappa shape index (κ2) is 11.6. The Kier molecular flexibility index (Phi) is 7.86. The maximum atomic E-state index is 13.1. The van der Waals surface area contributed by atoms with Gasteiger partial charge in [-0.1, -0.05) is 43.7 Å². The molecule has 5 rings (SSSR count). The summed E-state index contributed by atoms with van der Waals surface area (Å²) < 4.78 is 1.89. The van der Waals surface area contributed by atoms with Gasteiger partial charge in [-0.2, -0.15) is 10.1 Å². The van der Waals surface area contributed by atoms with Crippen LogP contribution in [0.15, 0.2) is 60.8 Å². The Morgan fingerprint density at radius 2 is 1.74 bits per heavy atom. The normalized spacial score (nSPS) is 17.3. The number of hydrogen-bond acceptors (Lipinski definition) is 6. The molecule has 8 heteroatoms. The summed E-state index contributed by atoms with van der Waals surface area (Å²) in [6.07, 6.45) is 7.63. The van der Waals surface area contributed by atoms with Crippen molar-refractivity contribution >= 4 is 28.6 Å². The van der Waals surface area contributed by atoms with Gasteiger partial charge < -0.3 is 15.5 Å². The SMILES string of the molecule is CCCc1c(C(=O)NCC2CCC(Nc3nc(N(C)C)c4ccccc4n3)CC2)cnn1-c1ccccc1. The number of rotatable bonds is 9. The Balaban J connectivity index is 1.17. The summed E-state index contributed by atoms with van der Waals surface area (Å²) in [6.45, 7) is 2.81. The molecule has 0 saturated heterocycles. The van der Waals surface area contributed by atoms with E-state index in [1.54, 1.807) is 6.20 Å². The number of para-hydroxylation sites is 2. The van der Waals surface area contributed by atoms with Crippen LogP contribution in [0.5, 0.6) is 0 Å². The third-order valence-electron chi connectivity index (χ3n) is 7.34. The van der Waals surface area contributed by atoms with Crippen molar-refractivity contribution in [2.75, 3.05) is 30.9 Å². The molecular formula is C30H37N7O. The first-order valence-electron chi connectivity index (χ1n) is 13.6. The fraction of sp³-hybridized carbons (Fsp3) is 0.400. The van der Waals surface area contributed by atoms with Crippen LogP contribution in [0.1, 0.15) is 55.1 Å². The Morgan fingerprint density at radius 1 is 1.00 bits per heavy atom. The van der Waals surface area contributed by atoms with Crippen molar-refractivity contribution in [2.24, 2.45) is 5.92 Å². The van der Waals surface area contributed by atoms with Gasteiger partial charge in [-0.3, -0.25) is 4.79 Å². The number of hydrogen-bond donors (Lipinski definition) is 2. The third kappa shape index (κ3) is 5.64. The van der Waals surface area contributed by atoms with E-state index in [1.165, 1.54) is 0 Å². The largest absolute Gasteiger partial charge is 0.362 e. The monoisotopic (exact) mass is 511 g/mol. The predicted molar refractivity (Wildman–Crippen MR) is 153 cm³/mol. The van der Waals surface area contributed by atoms with Gasteiger partial charge in [-0.15, -0.1) is 0 Å². The third-order valence-corrected chi connectivity index (χ3v) is 7.34. The van der Waals surface area contributed by atoms with Gasteiger partial charge in [-0.25, -0.2) is 9.67 Å². The van der Waals surface area contributed by atoms with E-state index in [9.17, 15) is 4.79 Å². The van der Waals surface area contributed by atoms with E-state index in [0.29, 0.717) is 30.0 Å². The molecule has 8 nitrogen and oxygen atoms in total. The lowest BCUT2D eigenvalue weighted by molar-refractivity contribution is 0.0942. The molecule has 0 aliphatic heterocycles. The fourth-order valence-corrected chi connectivity index (χ4v) is 5.32. The summed E-state index contributed by atoms with van der Waals surface area (Å²) in [5.41, 5.74) is 3.57. The van der Waals surface area contributed by atoms with Crippen LogP contribution in [0, 0.1) is 5.92 Å². The highest BCUT2D eigenvalue weighted by Crippen LogP contribution is 2.28. The van der Waals surface area contributed by atoms with Gasteiger partial charge in [0.1, 0.15) is 5.82 Å². The van der Waals surface area contributed by atoms with Crippen LogP contribution in [0.2, 0.25) is 0 Å². The molecule has 2 N–H and O–H groups in total. The first-order valence-corrected chi connectivity index (χ1v) is 13.6. The van der Waals surface area contributed by atoms with E-state index in [-0.39, 0.29) is 5.91 Å². The van der Waals surface area contributed by atoms with Crippen LogP contribution >= 0.6 is 0 Å². The van der Waals surface area contributed by atoms with Gasteiger partial charge in [0, 0.05) is 32.1 Å². The minimum atomic E-state index is -0.0309. The van der Waals surface area contributed by atoms with Gasteiger partial charge in [0.25, 0.3) is 5.91 Å². The predicted octanol–water partition coefficient (Wildman–Crippen LogP) is 5.23. The van der Waals surface area contributed by atoms with Crippen LogP contribution in [0.3, 0.4) is 0 Å². The van der Waals surface area contributed by atoms with Crippen LogP contribution in [0.4, 0.5) is 11.8 Å². The van der Waals surface area contributed by atoms with Gasteiger partial charge in [0.15, 0.2) is 0 Å². The lowest BCUT2D eigenvalue weighted by atomic mass is 9.86. The van der Waals surface area contributed by atoms with E-state index >= 15 is 0 Å². The summed E-state index contributed by atoms with van der Waals surface area (Å²) in [5.74, 6) is 2.04. The number of anilines is 2. The van der Waals surface area contributed by atoms with Crippen molar-refractivity contribution < 1.29 is 4.79 Å². The smallest absolute Gasteiger partial charge is 0.254 e. The number of nitrogens with one attached hydrogen (secondary N) is 2. The van der Waals surface area contributed by atoms with E-state index in [4.69, 9.17) is 9.97 Å². The lowest BCUT2D eigenvalue weighted by Crippen LogP contribution is -2.34. The molecule has 4 aromatic rings. The molecular weight excluding hydrogens is 474 g/mol. The first-order chi connectivity index (χ1) is 18.5. The van der Waals surface area contributed by atoms with E-state index < -0.39 is 0 Å². The number of aromatic nitrogens is 4. The Hall–Kier alpha value is -3.94. The zero-order chi connectivity index (χ0) is 26.5. The van der Waals surface area contributed by atoms with Crippen LogP contribution in [-0.2, 0) is 6.42 Å². The molecule has 198 valence electrons. The number of nitrogens with zero attached hydrogens (tertiary/aromatic N) is 5. The number of benzene rings is 2. The number of amides is 1. The minimum absolute atomic E-state index is 0.0309. The van der Waals surface area contributed by atoms with Gasteiger partial charge in [0.2, 0.25) is 5.95 Å². The van der Waals surface area contributed by atoms with Crippen molar-refractivity contribution in [3.63, 3.8) is 0 Å². The number of fused-ring (bicyclic) bond motifs is 1. The number of carbonyl (C=O) groups is 1. The molecule has 0 radical (unpaired) electrons. The summed E-state index contributed by atoms with van der Waals surface area (Å²) in [4.78, 5) is 24.7. The zero-order valence-electron chi connectivity index (χ0n) is 22.5. The van der Waals surface area contributed by atoms with Gasteiger partial charge in [-0.05, 0) is 62.3 Å². The van der Waals surface area contributed by atoms with E-state index in [2.05, 4.69) is 28.7 Å². The molecule has 1 saturated carbocycles. The van der Waals surface area contributed by atoms with E-state index in [0.717, 1.165) is 66.6 Å². The Bertz CT molecular complexity index is 1370. The maximum absolute atomic E-state index is 13.1. The van der Waals surface area contributed by atoms with Crippen molar-refractivity contribution in [1.29, 1.82) is 0 Å². The van der Waals surface area contributed by atoms with E-state index in [1.807, 2.05) is 72.2 Å². The summed E-state index contributed by atoms with van der Waals surface area (Å²) in [5, 5.41) is 12.4. The van der Waals surface area contributed by atoms with Crippen LogP contribution < -0.4 is 15.5 Å². The molecule has 0 bridgehead atoms.